The van der Waals surface area contributed by atoms with Crippen LogP contribution in [0.15, 0.2) is 42.7 Å². The van der Waals surface area contributed by atoms with Gasteiger partial charge in [0, 0.05) is 6.20 Å². The van der Waals surface area contributed by atoms with E-state index < -0.39 is 6.03 Å². The van der Waals surface area contributed by atoms with Gasteiger partial charge < -0.3 is 16.0 Å². The van der Waals surface area contributed by atoms with E-state index in [-0.39, 0.29) is 24.3 Å². The smallest absolute Gasteiger partial charge is 0.315 e. The Hall–Kier alpha value is -2.96. The van der Waals surface area contributed by atoms with Gasteiger partial charge in [-0.3, -0.25) is 9.78 Å². The van der Waals surface area contributed by atoms with E-state index in [2.05, 4.69) is 20.9 Å². The fourth-order valence-electron chi connectivity index (χ4n) is 2.75. The lowest BCUT2D eigenvalue weighted by atomic mass is 10.1. The summed E-state index contributed by atoms with van der Waals surface area (Å²) in [6.07, 6.45) is 4.56. The Morgan fingerprint density at radius 3 is 2.96 bits per heavy atom. The van der Waals surface area contributed by atoms with Gasteiger partial charge in [0.2, 0.25) is 5.91 Å². The van der Waals surface area contributed by atoms with Crippen molar-refractivity contribution in [1.29, 1.82) is 0 Å². The first-order valence-electron chi connectivity index (χ1n) is 7.64. The van der Waals surface area contributed by atoms with Crippen molar-refractivity contribution in [3.05, 3.63) is 59.7 Å². The molecule has 0 bridgehead atoms. The first-order valence-corrected chi connectivity index (χ1v) is 7.64. The van der Waals surface area contributed by atoms with E-state index in [9.17, 15) is 14.0 Å². The molecule has 0 unspecified atom stereocenters. The van der Waals surface area contributed by atoms with E-state index >= 15 is 0 Å². The number of halogens is 1. The van der Waals surface area contributed by atoms with Crippen molar-refractivity contribution in [3.63, 3.8) is 0 Å². The van der Waals surface area contributed by atoms with Crippen LogP contribution in [0, 0.1) is 5.82 Å². The van der Waals surface area contributed by atoms with Gasteiger partial charge in [-0.2, -0.15) is 0 Å². The zero-order valence-electron chi connectivity index (χ0n) is 12.9. The molecular weight excluding hydrogens is 311 g/mol. The van der Waals surface area contributed by atoms with Crippen molar-refractivity contribution in [2.75, 3.05) is 11.9 Å². The molecule has 0 radical (unpaired) electrons. The lowest BCUT2D eigenvalue weighted by molar-refractivity contribution is -0.115. The van der Waals surface area contributed by atoms with Gasteiger partial charge in [0.25, 0.3) is 0 Å². The van der Waals surface area contributed by atoms with E-state index in [0.717, 1.165) is 17.5 Å². The minimum absolute atomic E-state index is 0.149. The molecule has 0 saturated heterocycles. The molecule has 24 heavy (non-hydrogen) atoms. The van der Waals surface area contributed by atoms with Gasteiger partial charge in [-0.15, -0.1) is 0 Å². The van der Waals surface area contributed by atoms with Crippen molar-refractivity contribution in [3.8, 4) is 0 Å². The van der Waals surface area contributed by atoms with E-state index in [1.54, 1.807) is 24.4 Å². The van der Waals surface area contributed by atoms with Crippen LogP contribution < -0.4 is 16.0 Å². The summed E-state index contributed by atoms with van der Waals surface area (Å²) in [6, 6.07) is 7.39. The van der Waals surface area contributed by atoms with Crippen LogP contribution in [0.3, 0.4) is 0 Å². The highest BCUT2D eigenvalue weighted by atomic mass is 19.1. The fraction of sp³-hybridized carbons (Fsp3) is 0.235. The third-order valence-electron chi connectivity index (χ3n) is 3.84. The Kier molecular flexibility index (Phi) is 4.69. The second kappa shape index (κ2) is 7.08. The molecule has 1 atom stereocenters. The highest BCUT2D eigenvalue weighted by Gasteiger charge is 2.24. The first kappa shape index (κ1) is 15.9. The number of urea groups is 1. The van der Waals surface area contributed by atoms with Crippen LogP contribution in [-0.4, -0.2) is 23.5 Å². The largest absolute Gasteiger partial charge is 0.331 e. The molecule has 0 spiro atoms. The number of amides is 3. The van der Waals surface area contributed by atoms with Crippen molar-refractivity contribution < 1.29 is 14.0 Å². The molecule has 0 aliphatic heterocycles. The van der Waals surface area contributed by atoms with Gasteiger partial charge >= 0.3 is 6.03 Å². The number of nitrogens with one attached hydrogen (secondary N) is 3. The molecule has 3 rings (SSSR count). The summed E-state index contributed by atoms with van der Waals surface area (Å²) >= 11 is 0. The monoisotopic (exact) mass is 328 g/mol. The minimum atomic E-state index is -0.432. The maximum atomic E-state index is 13.2. The average molecular weight is 328 g/mol. The van der Waals surface area contributed by atoms with Gasteiger partial charge in [0.05, 0.1) is 24.5 Å². The van der Waals surface area contributed by atoms with Crippen LogP contribution in [0.25, 0.3) is 0 Å². The Labute approximate surface area is 138 Å². The van der Waals surface area contributed by atoms with Crippen molar-refractivity contribution in [2.24, 2.45) is 0 Å². The first-order chi connectivity index (χ1) is 11.6. The minimum Gasteiger partial charge on any atom is -0.331 e. The normalized spacial score (nSPS) is 15.5. The highest BCUT2D eigenvalue weighted by Crippen LogP contribution is 2.31. The number of rotatable bonds is 4. The molecular formula is C17H17FN4O2. The molecule has 0 fully saturated rings. The third-order valence-corrected chi connectivity index (χ3v) is 3.84. The van der Waals surface area contributed by atoms with Crippen LogP contribution in [0.1, 0.15) is 23.6 Å². The van der Waals surface area contributed by atoms with Crippen molar-refractivity contribution in [1.82, 2.24) is 15.6 Å². The number of aromatic nitrogens is 1. The maximum absolute atomic E-state index is 13.2. The zero-order valence-corrected chi connectivity index (χ0v) is 12.9. The van der Waals surface area contributed by atoms with Crippen LogP contribution in [-0.2, 0) is 11.2 Å². The number of anilines is 1. The summed E-state index contributed by atoms with van der Waals surface area (Å²) in [6.45, 7) is -0.149. The average Bonchev–Trinajstić information content (AvgIpc) is 2.96. The molecule has 1 aromatic carbocycles. The van der Waals surface area contributed by atoms with Crippen LogP contribution in [0.2, 0.25) is 0 Å². The fourth-order valence-corrected chi connectivity index (χ4v) is 2.75. The van der Waals surface area contributed by atoms with Crippen LogP contribution in [0.5, 0.6) is 0 Å². The molecule has 7 heteroatoms. The SMILES string of the molecule is O=C(CNC(=O)N[C@H]1CCc2cc(F)ccc21)Nc1cccnc1. The summed E-state index contributed by atoms with van der Waals surface area (Å²) in [7, 11) is 0. The Balaban J connectivity index is 1.48. The van der Waals surface area contributed by atoms with Gasteiger partial charge in [-0.1, -0.05) is 6.07 Å². The Bertz CT molecular complexity index is 752. The third kappa shape index (κ3) is 3.87. The molecule has 1 heterocycles. The Morgan fingerprint density at radius 2 is 2.17 bits per heavy atom. The highest BCUT2D eigenvalue weighted by molar-refractivity contribution is 5.94. The van der Waals surface area contributed by atoms with E-state index in [4.69, 9.17) is 0 Å². The van der Waals surface area contributed by atoms with Crippen LogP contribution in [0.4, 0.5) is 14.9 Å². The topological polar surface area (TPSA) is 83.1 Å². The molecule has 3 N–H and O–H groups in total. The number of hydrogen-bond acceptors (Lipinski definition) is 3. The van der Waals surface area contributed by atoms with Gasteiger partial charge in [-0.05, 0) is 48.2 Å². The zero-order chi connectivity index (χ0) is 16.9. The number of hydrogen-bond donors (Lipinski definition) is 3. The number of benzene rings is 1. The maximum Gasteiger partial charge on any atom is 0.315 e. The summed E-state index contributed by atoms with van der Waals surface area (Å²) in [5, 5.41) is 7.95. The van der Waals surface area contributed by atoms with Gasteiger partial charge in [0.15, 0.2) is 0 Å². The quantitative estimate of drug-likeness (QED) is 0.804. The van der Waals surface area contributed by atoms with Crippen molar-refractivity contribution >= 4 is 17.6 Å². The molecule has 6 nitrogen and oxygen atoms in total. The molecule has 1 aliphatic carbocycles. The molecule has 124 valence electrons. The second-order valence-electron chi connectivity index (χ2n) is 5.55. The molecule has 3 amide bonds. The standard InChI is InChI=1S/C17H17FN4O2/c18-12-4-5-14-11(8-12)3-6-15(14)22-17(24)20-10-16(23)21-13-2-1-7-19-9-13/h1-2,4-5,7-9,15H,3,6,10H2,(H,21,23)(H2,20,22,24)/t15-/m0/s1. The number of fused-ring (bicyclic) bond motifs is 1. The molecule has 1 aromatic heterocycles. The van der Waals surface area contributed by atoms with Crippen LogP contribution >= 0.6 is 0 Å². The summed E-state index contributed by atoms with van der Waals surface area (Å²) in [5.41, 5.74) is 2.40. The second-order valence-corrected chi connectivity index (χ2v) is 5.55. The lowest BCUT2D eigenvalue weighted by Gasteiger charge is -2.15. The summed E-state index contributed by atoms with van der Waals surface area (Å²) in [5.74, 6) is -0.613. The van der Waals surface area contributed by atoms with Gasteiger partial charge in [0.1, 0.15) is 5.82 Å². The lowest BCUT2D eigenvalue weighted by Crippen LogP contribution is -2.41. The predicted octanol–water partition coefficient (Wildman–Crippen LogP) is 2.15. The Morgan fingerprint density at radius 1 is 1.29 bits per heavy atom. The predicted molar refractivity (Wildman–Crippen MR) is 86.9 cm³/mol. The number of carbonyl (C=O) groups excluding carboxylic acids is 2. The van der Waals surface area contributed by atoms with Crippen molar-refractivity contribution in [2.45, 2.75) is 18.9 Å². The number of carbonyl (C=O) groups is 2. The van der Waals surface area contributed by atoms with E-state index in [1.165, 1.54) is 18.3 Å². The number of nitrogens with zero attached hydrogens (tertiary/aromatic N) is 1. The summed E-state index contributed by atoms with van der Waals surface area (Å²) in [4.78, 5) is 27.6. The van der Waals surface area contributed by atoms with Gasteiger partial charge in [-0.25, -0.2) is 9.18 Å². The molecule has 1 aliphatic rings. The van der Waals surface area contributed by atoms with E-state index in [0.29, 0.717) is 12.1 Å². The van der Waals surface area contributed by atoms with E-state index in [1.807, 2.05) is 0 Å². The molecule has 0 saturated carbocycles. The number of pyridine rings is 1. The number of aryl methyl sites for hydroxylation is 1. The summed E-state index contributed by atoms with van der Waals surface area (Å²) < 4.78 is 13.2. The molecule has 2 aromatic rings.